The maximum atomic E-state index is 11.5. The first-order valence-electron chi connectivity index (χ1n) is 7.78. The molecule has 24 heavy (non-hydrogen) atoms. The topological polar surface area (TPSA) is 96.3 Å². The van der Waals surface area contributed by atoms with Crippen molar-refractivity contribution in [3.05, 3.63) is 42.1 Å². The minimum atomic E-state index is -1.03. The Kier molecular flexibility index (Phi) is 4.50. The van der Waals surface area contributed by atoms with E-state index < -0.39 is 5.97 Å². The number of likely N-dealkylation sites (tertiary alicyclic amines) is 1. The van der Waals surface area contributed by atoms with E-state index in [0.717, 1.165) is 25.2 Å². The Hall–Kier alpha value is -2.83. The van der Waals surface area contributed by atoms with Gasteiger partial charge in [0.05, 0.1) is 17.0 Å². The Morgan fingerprint density at radius 1 is 1.29 bits per heavy atom. The molecule has 0 unspecified atom stereocenters. The molecule has 0 saturated carbocycles. The second kappa shape index (κ2) is 6.74. The summed E-state index contributed by atoms with van der Waals surface area (Å²) in [6.07, 6.45) is 7.75. The number of hydrogen-bond acceptors (Lipinski definition) is 5. The quantitative estimate of drug-likeness (QED) is 0.917. The van der Waals surface area contributed by atoms with E-state index in [1.807, 2.05) is 4.90 Å². The normalized spacial score (nSPS) is 17.0. The molecular formula is C17H18N4O3. The fourth-order valence-electron chi connectivity index (χ4n) is 3.00. The first kappa shape index (κ1) is 16.0. The summed E-state index contributed by atoms with van der Waals surface area (Å²) < 4.78 is 0. The summed E-state index contributed by atoms with van der Waals surface area (Å²) in [5.41, 5.74) is 2.21. The fraction of sp³-hybridized carbons (Fsp3) is 0.353. The molecule has 0 bridgehead atoms. The van der Waals surface area contributed by atoms with Gasteiger partial charge in [0.25, 0.3) is 0 Å². The molecule has 1 N–H and O–H groups in total. The molecule has 1 fully saturated rings. The summed E-state index contributed by atoms with van der Waals surface area (Å²) in [5, 5.41) is 9.12. The van der Waals surface area contributed by atoms with Crippen LogP contribution in [-0.2, 0) is 11.2 Å². The molecular weight excluding hydrogens is 308 g/mol. The van der Waals surface area contributed by atoms with Gasteiger partial charge in [-0.3, -0.25) is 19.7 Å². The molecule has 1 aliphatic heterocycles. The van der Waals surface area contributed by atoms with Gasteiger partial charge < -0.3 is 10.0 Å². The summed E-state index contributed by atoms with van der Waals surface area (Å²) >= 11 is 0. The lowest BCUT2D eigenvalue weighted by Gasteiger charge is -2.14. The fourth-order valence-corrected chi connectivity index (χ4v) is 3.00. The summed E-state index contributed by atoms with van der Waals surface area (Å²) in [6.45, 7) is 3.07. The number of carboxylic acids is 1. The van der Waals surface area contributed by atoms with Crippen LogP contribution < -0.4 is 0 Å². The Morgan fingerprint density at radius 3 is 2.79 bits per heavy atom. The highest BCUT2D eigenvalue weighted by Crippen LogP contribution is 2.26. The van der Waals surface area contributed by atoms with Crippen molar-refractivity contribution < 1.29 is 14.7 Å². The van der Waals surface area contributed by atoms with Crippen LogP contribution in [0.1, 0.15) is 29.4 Å². The summed E-state index contributed by atoms with van der Waals surface area (Å²) in [5.74, 6) is -0.599. The number of aromatic nitrogens is 3. The average molecular weight is 326 g/mol. The van der Waals surface area contributed by atoms with Crippen LogP contribution >= 0.6 is 0 Å². The van der Waals surface area contributed by atoms with Gasteiger partial charge in [0.1, 0.15) is 0 Å². The largest absolute Gasteiger partial charge is 0.478 e. The molecule has 1 aliphatic rings. The van der Waals surface area contributed by atoms with Gasteiger partial charge in [0.15, 0.2) is 0 Å². The van der Waals surface area contributed by atoms with Crippen LogP contribution in [-0.4, -0.2) is 49.9 Å². The third-order valence-electron chi connectivity index (χ3n) is 4.25. The van der Waals surface area contributed by atoms with Crippen molar-refractivity contribution in [2.45, 2.75) is 19.8 Å². The van der Waals surface area contributed by atoms with Crippen molar-refractivity contribution in [1.82, 2.24) is 19.9 Å². The van der Waals surface area contributed by atoms with Gasteiger partial charge >= 0.3 is 5.97 Å². The van der Waals surface area contributed by atoms with E-state index in [1.165, 1.54) is 6.20 Å². The number of carboxylic acid groups (broad SMARTS) is 1. The molecule has 2 aromatic heterocycles. The lowest BCUT2D eigenvalue weighted by Crippen LogP contribution is -2.26. The van der Waals surface area contributed by atoms with Gasteiger partial charge in [-0.1, -0.05) is 0 Å². The molecule has 1 amide bonds. The van der Waals surface area contributed by atoms with Crippen LogP contribution in [0.5, 0.6) is 0 Å². The maximum Gasteiger partial charge on any atom is 0.337 e. The molecule has 2 aromatic rings. The molecule has 7 heteroatoms. The minimum Gasteiger partial charge on any atom is -0.478 e. The molecule has 1 atom stereocenters. The van der Waals surface area contributed by atoms with E-state index in [0.29, 0.717) is 23.6 Å². The Labute approximate surface area is 139 Å². The number of carbonyl (C=O) groups is 2. The van der Waals surface area contributed by atoms with Crippen LogP contribution in [0.15, 0.2) is 30.9 Å². The van der Waals surface area contributed by atoms with E-state index in [2.05, 4.69) is 15.0 Å². The molecule has 3 rings (SSSR count). The van der Waals surface area contributed by atoms with E-state index in [4.69, 9.17) is 5.11 Å². The van der Waals surface area contributed by atoms with E-state index >= 15 is 0 Å². The SMILES string of the molecule is CC(=O)N1CC[C@@H](Cc2nccnc2-c2cncc(C(=O)O)c2)C1. The monoisotopic (exact) mass is 326 g/mol. The van der Waals surface area contributed by atoms with Crippen molar-refractivity contribution in [1.29, 1.82) is 0 Å². The number of nitrogens with zero attached hydrogens (tertiary/aromatic N) is 4. The molecule has 0 radical (unpaired) electrons. The zero-order valence-corrected chi connectivity index (χ0v) is 13.3. The van der Waals surface area contributed by atoms with Gasteiger partial charge in [-0.2, -0.15) is 0 Å². The highest BCUT2D eigenvalue weighted by molar-refractivity contribution is 5.88. The first-order valence-corrected chi connectivity index (χ1v) is 7.78. The average Bonchev–Trinajstić information content (AvgIpc) is 3.04. The van der Waals surface area contributed by atoms with E-state index in [9.17, 15) is 9.59 Å². The molecule has 0 aromatic carbocycles. The van der Waals surface area contributed by atoms with Gasteiger partial charge in [-0.15, -0.1) is 0 Å². The van der Waals surface area contributed by atoms with Crippen LogP contribution in [0.25, 0.3) is 11.3 Å². The number of rotatable bonds is 4. The zero-order chi connectivity index (χ0) is 17.1. The Morgan fingerprint density at radius 2 is 2.08 bits per heavy atom. The molecule has 7 nitrogen and oxygen atoms in total. The second-order valence-electron chi connectivity index (χ2n) is 5.94. The second-order valence-corrected chi connectivity index (χ2v) is 5.94. The number of pyridine rings is 1. The van der Waals surface area contributed by atoms with Crippen LogP contribution in [0.4, 0.5) is 0 Å². The van der Waals surface area contributed by atoms with Crippen molar-refractivity contribution >= 4 is 11.9 Å². The predicted octanol–water partition coefficient (Wildman–Crippen LogP) is 1.65. The Balaban J connectivity index is 1.85. The summed E-state index contributed by atoms with van der Waals surface area (Å²) in [7, 11) is 0. The first-order chi connectivity index (χ1) is 11.5. The molecule has 0 spiro atoms. The lowest BCUT2D eigenvalue weighted by molar-refractivity contribution is -0.127. The van der Waals surface area contributed by atoms with Gasteiger partial charge in [0.2, 0.25) is 5.91 Å². The molecule has 1 saturated heterocycles. The third-order valence-corrected chi connectivity index (χ3v) is 4.25. The number of aromatic carboxylic acids is 1. The van der Waals surface area contributed by atoms with E-state index in [1.54, 1.807) is 31.6 Å². The Bertz CT molecular complexity index is 778. The van der Waals surface area contributed by atoms with E-state index in [-0.39, 0.29) is 11.5 Å². The van der Waals surface area contributed by atoms with Crippen LogP contribution in [0.2, 0.25) is 0 Å². The zero-order valence-electron chi connectivity index (χ0n) is 13.3. The standard InChI is InChI=1S/C17H18N4O3/c1-11(22)21-5-2-12(10-21)6-15-16(20-4-3-19-15)13-7-14(17(23)24)9-18-8-13/h3-4,7-9,12H,2,5-6,10H2,1H3,(H,23,24)/t12-/m0/s1. The van der Waals surface area contributed by atoms with Gasteiger partial charge in [-0.05, 0) is 24.8 Å². The molecule has 0 aliphatic carbocycles. The van der Waals surface area contributed by atoms with Gasteiger partial charge in [-0.25, -0.2) is 4.79 Å². The summed E-state index contributed by atoms with van der Waals surface area (Å²) in [6, 6.07) is 1.55. The number of carbonyl (C=O) groups excluding carboxylic acids is 1. The van der Waals surface area contributed by atoms with Gasteiger partial charge in [0, 0.05) is 50.4 Å². The van der Waals surface area contributed by atoms with Crippen LogP contribution in [0, 0.1) is 5.92 Å². The molecule has 124 valence electrons. The van der Waals surface area contributed by atoms with Crippen molar-refractivity contribution in [3.8, 4) is 11.3 Å². The minimum absolute atomic E-state index is 0.0928. The predicted molar refractivity (Wildman–Crippen MR) is 86.3 cm³/mol. The van der Waals surface area contributed by atoms with Crippen LogP contribution in [0.3, 0.4) is 0 Å². The third kappa shape index (κ3) is 3.40. The number of amides is 1. The highest BCUT2D eigenvalue weighted by Gasteiger charge is 2.25. The van der Waals surface area contributed by atoms with Crippen molar-refractivity contribution in [2.75, 3.05) is 13.1 Å². The number of hydrogen-bond donors (Lipinski definition) is 1. The highest BCUT2D eigenvalue weighted by atomic mass is 16.4. The summed E-state index contributed by atoms with van der Waals surface area (Å²) in [4.78, 5) is 37.2. The van der Waals surface area contributed by atoms with Crippen molar-refractivity contribution in [3.63, 3.8) is 0 Å². The molecule has 3 heterocycles. The smallest absolute Gasteiger partial charge is 0.337 e. The lowest BCUT2D eigenvalue weighted by atomic mass is 9.99. The maximum absolute atomic E-state index is 11.5. The van der Waals surface area contributed by atoms with Crippen molar-refractivity contribution in [2.24, 2.45) is 5.92 Å².